The van der Waals surface area contributed by atoms with Crippen LogP contribution in [0.2, 0.25) is 5.15 Å². The Morgan fingerprint density at radius 1 is 1.04 bits per heavy atom. The quantitative estimate of drug-likeness (QED) is 0.554. The number of hydrogen-bond donors (Lipinski definition) is 2. The van der Waals surface area contributed by atoms with Gasteiger partial charge in [0.05, 0.1) is 4.11 Å². The van der Waals surface area contributed by atoms with Crippen molar-refractivity contribution in [2.24, 2.45) is 0 Å². The van der Waals surface area contributed by atoms with Gasteiger partial charge in [0, 0.05) is 4.11 Å². The van der Waals surface area contributed by atoms with E-state index in [1.54, 1.807) is 5.32 Å². The smallest absolute Gasteiger partial charge is 0.343 e. The van der Waals surface area contributed by atoms with Gasteiger partial charge in [0.2, 0.25) is 11.9 Å². The van der Waals surface area contributed by atoms with Crippen molar-refractivity contribution in [2.75, 3.05) is 10.6 Å². The maximum atomic E-state index is 13.4. The normalized spacial score (nSPS) is 19.4. The minimum absolute atomic E-state index is 0.411. The summed E-state index contributed by atoms with van der Waals surface area (Å²) < 4.78 is 123. The minimum Gasteiger partial charge on any atom is -0.343 e. The molecule has 0 unspecified atom stereocenters. The zero-order valence-corrected chi connectivity index (χ0v) is 13.8. The first-order valence-electron chi connectivity index (χ1n) is 9.84. The monoisotopic (exact) mass is 420 g/mol. The summed E-state index contributed by atoms with van der Waals surface area (Å²) >= 11 is 5.70. The van der Waals surface area contributed by atoms with Crippen molar-refractivity contribution in [3.63, 3.8) is 0 Å². The molecule has 2 rings (SSSR count). The topological polar surface area (TPSA) is 75.6 Å². The van der Waals surface area contributed by atoms with Gasteiger partial charge in [0.15, 0.2) is 5.82 Å². The number of halogens is 7. The average molecular weight is 421 g/mol. The third kappa shape index (κ3) is 5.81. The first-order valence-corrected chi connectivity index (χ1v) is 7.22. The molecule has 0 aliphatic heterocycles. The molecule has 0 aliphatic rings. The largest absolute Gasteiger partial charge is 0.408 e. The van der Waals surface area contributed by atoms with Crippen molar-refractivity contribution in [1.29, 1.82) is 0 Å². The second-order valence-electron chi connectivity index (χ2n) is 4.90. The highest BCUT2D eigenvalue weighted by atomic mass is 35.5. The second kappa shape index (κ2) is 7.71. The van der Waals surface area contributed by atoms with Crippen LogP contribution < -0.4 is 10.6 Å². The minimum atomic E-state index is -5.70. The van der Waals surface area contributed by atoms with Gasteiger partial charge in [-0.05, 0) is 25.9 Å². The van der Waals surface area contributed by atoms with Crippen LogP contribution >= 0.6 is 11.6 Å². The summed E-state index contributed by atoms with van der Waals surface area (Å²) in [5.41, 5.74) is -0.555. The number of pyridine rings is 1. The Hall–Kier alpha value is -2.37. The first-order chi connectivity index (χ1) is 14.8. The zero-order valence-electron chi connectivity index (χ0n) is 19.1. The van der Waals surface area contributed by atoms with Crippen LogP contribution in [-0.4, -0.2) is 44.3 Å². The highest BCUT2D eigenvalue weighted by molar-refractivity contribution is 6.29. The molecule has 27 heavy (non-hydrogen) atoms. The molecule has 0 aliphatic carbocycles. The van der Waals surface area contributed by atoms with E-state index in [2.05, 4.69) is 19.9 Å². The summed E-state index contributed by atoms with van der Waals surface area (Å²) in [6, 6.07) is -6.79. The Balaban J connectivity index is 2.69. The maximum Gasteiger partial charge on any atom is 0.408 e. The Labute approximate surface area is 162 Å². The Bertz CT molecular complexity index is 1020. The summed E-state index contributed by atoms with van der Waals surface area (Å²) in [6.45, 7) is -3.37. The predicted octanol–water partition coefficient (Wildman–Crippen LogP) is 4.31. The molecule has 2 aromatic heterocycles. The van der Waals surface area contributed by atoms with Gasteiger partial charge < -0.3 is 10.6 Å². The predicted molar refractivity (Wildman–Crippen MR) is 86.3 cm³/mol. The van der Waals surface area contributed by atoms with Crippen LogP contribution in [0.3, 0.4) is 0 Å². The van der Waals surface area contributed by atoms with Gasteiger partial charge in [-0.15, -0.1) is 0 Å². The van der Waals surface area contributed by atoms with Crippen LogP contribution in [0.25, 0.3) is 11.5 Å². The van der Waals surface area contributed by atoms with E-state index < -0.39 is 71.9 Å². The van der Waals surface area contributed by atoms with Crippen molar-refractivity contribution in [3.05, 3.63) is 23.3 Å². The van der Waals surface area contributed by atoms with E-state index in [-0.39, 0.29) is 0 Å². The zero-order chi connectivity index (χ0) is 25.6. The molecule has 148 valence electrons. The lowest BCUT2D eigenvalue weighted by Gasteiger charge is -2.20. The SMILES string of the molecule is [2H]c1cc([2H])c(-c2nc(N[C@H](C)C(F)(F)F)nc(N[C@]([2H])(C([2H])([2H])[2H])C(F)(F)F)n2)nc1Cl. The highest BCUT2D eigenvalue weighted by Crippen LogP contribution is 2.26. The fraction of sp³-hybridized carbons (Fsp3) is 0.429. The van der Waals surface area contributed by atoms with Gasteiger partial charge in [0.1, 0.15) is 22.9 Å². The number of aromatic nitrogens is 4. The first kappa shape index (κ1) is 13.7. The second-order valence-corrected chi connectivity index (χ2v) is 5.25. The Morgan fingerprint density at radius 3 is 2.22 bits per heavy atom. The fourth-order valence-corrected chi connectivity index (χ4v) is 1.64. The van der Waals surface area contributed by atoms with E-state index in [9.17, 15) is 26.3 Å². The van der Waals surface area contributed by atoms with E-state index in [0.29, 0.717) is 6.92 Å². The van der Waals surface area contributed by atoms with Crippen LogP contribution in [0, 0.1) is 0 Å². The van der Waals surface area contributed by atoms with Gasteiger partial charge in [-0.3, -0.25) is 0 Å². The molecule has 2 aromatic rings. The summed E-state index contributed by atoms with van der Waals surface area (Å²) in [4.78, 5) is 14.0. The summed E-state index contributed by atoms with van der Waals surface area (Å²) in [7, 11) is 0. The molecule has 0 amide bonds. The Kier molecular flexibility index (Phi) is 3.92. The van der Waals surface area contributed by atoms with Crippen molar-refractivity contribution >= 4 is 23.5 Å². The van der Waals surface area contributed by atoms with Crippen LogP contribution in [0.1, 0.15) is 22.0 Å². The molecule has 6 nitrogen and oxygen atoms in total. The maximum absolute atomic E-state index is 13.4. The molecule has 2 heterocycles. The molecule has 0 radical (unpaired) electrons. The molecular weight excluding hydrogens is 402 g/mol. The lowest BCUT2D eigenvalue weighted by molar-refractivity contribution is -0.139. The van der Waals surface area contributed by atoms with Crippen LogP contribution in [0.4, 0.5) is 38.2 Å². The van der Waals surface area contributed by atoms with E-state index in [1.165, 1.54) is 5.32 Å². The lowest BCUT2D eigenvalue weighted by atomic mass is 10.3. The molecule has 2 N–H and O–H groups in total. The summed E-state index contributed by atoms with van der Waals surface area (Å²) in [6.07, 6.45) is -10.5. The molecular formula is C14H13ClF6N6. The van der Waals surface area contributed by atoms with Crippen LogP contribution in [0.5, 0.6) is 0 Å². The number of nitrogens with one attached hydrogen (secondary N) is 2. The van der Waals surface area contributed by atoms with E-state index >= 15 is 0 Å². The number of hydrogen-bond acceptors (Lipinski definition) is 6. The number of nitrogens with zero attached hydrogens (tertiary/aromatic N) is 4. The molecule has 2 atom stereocenters. The highest BCUT2D eigenvalue weighted by Gasteiger charge is 2.38. The van der Waals surface area contributed by atoms with Crippen molar-refractivity contribution < 1.29 is 34.6 Å². The number of alkyl halides is 6. The fourth-order valence-electron chi connectivity index (χ4n) is 1.50. The lowest BCUT2D eigenvalue weighted by Crippen LogP contribution is -2.35. The summed E-state index contributed by atoms with van der Waals surface area (Å²) in [5, 5.41) is 2.57. The van der Waals surface area contributed by atoms with Crippen molar-refractivity contribution in [3.8, 4) is 11.5 Å². The van der Waals surface area contributed by atoms with Gasteiger partial charge in [-0.1, -0.05) is 17.7 Å². The van der Waals surface area contributed by atoms with Crippen LogP contribution in [0.15, 0.2) is 18.2 Å². The van der Waals surface area contributed by atoms with Gasteiger partial charge in [-0.25, -0.2) is 4.98 Å². The summed E-state index contributed by atoms with van der Waals surface area (Å²) in [5.74, 6) is -2.98. The van der Waals surface area contributed by atoms with Crippen molar-refractivity contribution in [2.45, 2.75) is 38.2 Å². The average Bonchev–Trinajstić information content (AvgIpc) is 2.61. The van der Waals surface area contributed by atoms with Gasteiger partial charge in [-0.2, -0.15) is 41.3 Å². The van der Waals surface area contributed by atoms with Gasteiger partial charge in [0.25, 0.3) is 0 Å². The number of anilines is 2. The van der Waals surface area contributed by atoms with Crippen LogP contribution in [-0.2, 0) is 0 Å². The standard InChI is InChI=1S/C14H13ClF6N6/c1-6(13(16,17)18)22-11-25-10(8-4-3-5-9(15)24-8)26-12(27-11)23-7(2)14(19,20)21/h3-7H,1-2H3,(H2,22,23,25,26,27)/t6-,7-/m1/s1/i1D3,4D,5D,6D. The molecule has 0 saturated carbocycles. The Morgan fingerprint density at radius 2 is 1.67 bits per heavy atom. The molecule has 0 saturated heterocycles. The van der Waals surface area contributed by atoms with Crippen molar-refractivity contribution in [1.82, 2.24) is 19.9 Å². The molecule has 0 fully saturated rings. The number of rotatable bonds is 5. The van der Waals surface area contributed by atoms with E-state index in [1.807, 2.05) is 0 Å². The van der Waals surface area contributed by atoms with E-state index in [0.717, 1.165) is 6.07 Å². The third-order valence-electron chi connectivity index (χ3n) is 2.81. The van der Waals surface area contributed by atoms with Gasteiger partial charge >= 0.3 is 12.4 Å². The molecule has 0 bridgehead atoms. The van der Waals surface area contributed by atoms with E-state index in [4.69, 9.17) is 19.8 Å². The molecule has 0 spiro atoms. The molecule has 13 heteroatoms. The molecule has 0 aromatic carbocycles. The third-order valence-corrected chi connectivity index (χ3v) is 3.01.